The number of nitrogens with zero attached hydrogens (tertiary/aromatic N) is 1. The Morgan fingerprint density at radius 3 is 2.57 bits per heavy atom. The zero-order valence-electron chi connectivity index (χ0n) is 11.9. The monoisotopic (exact) mass is 312 g/mol. The number of amides is 1. The van der Waals surface area contributed by atoms with Crippen LogP contribution in [0.2, 0.25) is 0 Å². The van der Waals surface area contributed by atoms with Crippen LogP contribution >= 0.6 is 12.4 Å². The fourth-order valence-corrected chi connectivity index (χ4v) is 1.95. The molecule has 0 spiro atoms. The van der Waals surface area contributed by atoms with Crippen molar-refractivity contribution >= 4 is 18.3 Å². The van der Waals surface area contributed by atoms with Crippen LogP contribution in [0.25, 0.3) is 0 Å². The van der Waals surface area contributed by atoms with Crippen LogP contribution in [0.3, 0.4) is 0 Å². The molecule has 1 aromatic heterocycles. The lowest BCUT2D eigenvalue weighted by molar-refractivity contribution is 0.0935. The first-order valence-electron chi connectivity index (χ1n) is 6.32. The number of carbonyl (C=O) groups excluding carboxylic acids is 1. The molecule has 1 atom stereocenters. The fourth-order valence-electron chi connectivity index (χ4n) is 1.95. The van der Waals surface area contributed by atoms with Gasteiger partial charge in [0.05, 0.1) is 17.9 Å². The van der Waals surface area contributed by atoms with Gasteiger partial charge in [-0.3, -0.25) is 9.69 Å². The summed E-state index contributed by atoms with van der Waals surface area (Å²) in [6.45, 7) is 0.341. The number of halogens is 2. The Kier molecular flexibility index (Phi) is 6.39. The number of furan rings is 1. The van der Waals surface area contributed by atoms with E-state index in [1.54, 1.807) is 24.5 Å². The SMILES string of the molecule is CN(C)C(CNC(=O)c1ccccc1F)c1ccco1.Cl. The van der Waals surface area contributed by atoms with Crippen molar-refractivity contribution in [2.75, 3.05) is 20.6 Å². The average Bonchev–Trinajstić information content (AvgIpc) is 2.92. The van der Waals surface area contributed by atoms with Gasteiger partial charge in [-0.15, -0.1) is 12.4 Å². The topological polar surface area (TPSA) is 45.5 Å². The summed E-state index contributed by atoms with van der Waals surface area (Å²) in [6, 6.07) is 9.46. The number of rotatable bonds is 5. The molecule has 114 valence electrons. The Balaban J connectivity index is 0.00000220. The van der Waals surface area contributed by atoms with Gasteiger partial charge in [-0.25, -0.2) is 4.39 Å². The van der Waals surface area contributed by atoms with Crippen molar-refractivity contribution in [2.24, 2.45) is 0 Å². The molecule has 0 aliphatic heterocycles. The molecule has 21 heavy (non-hydrogen) atoms. The molecule has 1 amide bonds. The summed E-state index contributed by atoms with van der Waals surface area (Å²) in [4.78, 5) is 13.9. The standard InChI is InChI=1S/C15H17FN2O2.ClH/c1-18(2)13(14-8-5-9-20-14)10-17-15(19)11-6-3-4-7-12(11)16;/h3-9,13H,10H2,1-2H3,(H,17,19);1H. The van der Waals surface area contributed by atoms with Crippen LogP contribution in [0.1, 0.15) is 22.2 Å². The van der Waals surface area contributed by atoms with E-state index in [1.807, 2.05) is 25.1 Å². The molecule has 2 aromatic rings. The summed E-state index contributed by atoms with van der Waals surface area (Å²) in [5.74, 6) is -0.199. The van der Waals surface area contributed by atoms with E-state index in [9.17, 15) is 9.18 Å². The van der Waals surface area contributed by atoms with Gasteiger partial charge in [0, 0.05) is 6.54 Å². The van der Waals surface area contributed by atoms with Crippen molar-refractivity contribution in [3.8, 4) is 0 Å². The number of benzene rings is 1. The van der Waals surface area contributed by atoms with Crippen molar-refractivity contribution < 1.29 is 13.6 Å². The third kappa shape index (κ3) is 4.31. The minimum absolute atomic E-state index is 0. The van der Waals surface area contributed by atoms with Crippen LogP contribution in [0.5, 0.6) is 0 Å². The highest BCUT2D eigenvalue weighted by molar-refractivity contribution is 5.94. The normalized spacial score (nSPS) is 11.8. The van der Waals surface area contributed by atoms with Gasteiger partial charge in [-0.2, -0.15) is 0 Å². The van der Waals surface area contributed by atoms with Crippen LogP contribution in [0, 0.1) is 5.82 Å². The van der Waals surface area contributed by atoms with Crippen molar-refractivity contribution in [3.05, 3.63) is 59.8 Å². The lowest BCUT2D eigenvalue weighted by Gasteiger charge is -2.22. The van der Waals surface area contributed by atoms with Crippen molar-refractivity contribution in [1.82, 2.24) is 10.2 Å². The van der Waals surface area contributed by atoms with Gasteiger partial charge in [0.1, 0.15) is 11.6 Å². The second-order valence-electron chi connectivity index (χ2n) is 4.68. The highest BCUT2D eigenvalue weighted by atomic mass is 35.5. The lowest BCUT2D eigenvalue weighted by Crippen LogP contribution is -2.34. The van der Waals surface area contributed by atoms with Crippen LogP contribution in [0.15, 0.2) is 47.1 Å². The van der Waals surface area contributed by atoms with Crippen LogP contribution in [-0.4, -0.2) is 31.4 Å². The first kappa shape index (κ1) is 17.2. The first-order chi connectivity index (χ1) is 9.59. The Labute approximate surface area is 129 Å². The number of hydrogen-bond acceptors (Lipinski definition) is 3. The molecule has 0 radical (unpaired) electrons. The molecule has 6 heteroatoms. The van der Waals surface area contributed by atoms with E-state index in [1.165, 1.54) is 12.1 Å². The molecule has 1 N–H and O–H groups in total. The number of carbonyl (C=O) groups is 1. The van der Waals surface area contributed by atoms with E-state index >= 15 is 0 Å². The Hall–Kier alpha value is -1.85. The van der Waals surface area contributed by atoms with Gasteiger partial charge >= 0.3 is 0 Å². The molecule has 0 aliphatic carbocycles. The Morgan fingerprint density at radius 2 is 2.00 bits per heavy atom. The molecule has 0 bridgehead atoms. The van der Waals surface area contributed by atoms with E-state index in [-0.39, 0.29) is 24.0 Å². The molecule has 0 aliphatic rings. The Bertz CT molecular complexity index is 573. The lowest BCUT2D eigenvalue weighted by atomic mass is 10.1. The van der Waals surface area contributed by atoms with Gasteiger partial charge in [-0.1, -0.05) is 12.1 Å². The maximum absolute atomic E-state index is 13.5. The fraction of sp³-hybridized carbons (Fsp3) is 0.267. The number of hydrogen-bond donors (Lipinski definition) is 1. The van der Waals surface area contributed by atoms with Crippen LogP contribution in [-0.2, 0) is 0 Å². The largest absolute Gasteiger partial charge is 0.468 e. The zero-order chi connectivity index (χ0) is 14.5. The zero-order valence-corrected chi connectivity index (χ0v) is 12.7. The van der Waals surface area contributed by atoms with E-state index in [4.69, 9.17) is 4.42 Å². The van der Waals surface area contributed by atoms with Gasteiger partial charge in [0.25, 0.3) is 5.91 Å². The molecule has 1 aromatic carbocycles. The molecular weight excluding hydrogens is 295 g/mol. The average molecular weight is 313 g/mol. The highest BCUT2D eigenvalue weighted by Gasteiger charge is 2.19. The molecule has 1 heterocycles. The molecule has 2 rings (SSSR count). The summed E-state index contributed by atoms with van der Waals surface area (Å²) in [7, 11) is 3.78. The third-order valence-electron chi connectivity index (χ3n) is 3.07. The van der Waals surface area contributed by atoms with Crippen molar-refractivity contribution in [2.45, 2.75) is 6.04 Å². The van der Waals surface area contributed by atoms with Gasteiger partial charge in [-0.05, 0) is 38.4 Å². The molecule has 0 fully saturated rings. The Morgan fingerprint density at radius 1 is 1.29 bits per heavy atom. The number of nitrogens with one attached hydrogen (secondary N) is 1. The van der Waals surface area contributed by atoms with E-state index in [0.29, 0.717) is 6.54 Å². The smallest absolute Gasteiger partial charge is 0.254 e. The van der Waals surface area contributed by atoms with Gasteiger partial charge in [0.15, 0.2) is 0 Å². The van der Waals surface area contributed by atoms with Crippen LogP contribution < -0.4 is 5.32 Å². The minimum Gasteiger partial charge on any atom is -0.468 e. The van der Waals surface area contributed by atoms with Crippen LogP contribution in [0.4, 0.5) is 4.39 Å². The van der Waals surface area contributed by atoms with E-state index in [0.717, 1.165) is 5.76 Å². The van der Waals surface area contributed by atoms with Gasteiger partial charge < -0.3 is 9.73 Å². The van der Waals surface area contributed by atoms with E-state index < -0.39 is 11.7 Å². The second kappa shape index (κ2) is 7.81. The van der Waals surface area contributed by atoms with Gasteiger partial charge in [0.2, 0.25) is 0 Å². The molecular formula is C15H18ClFN2O2. The predicted octanol–water partition coefficient (Wildman–Crippen LogP) is 2.87. The predicted molar refractivity (Wildman–Crippen MR) is 81.1 cm³/mol. The summed E-state index contributed by atoms with van der Waals surface area (Å²) in [5, 5.41) is 2.73. The summed E-state index contributed by atoms with van der Waals surface area (Å²) >= 11 is 0. The quantitative estimate of drug-likeness (QED) is 0.923. The summed E-state index contributed by atoms with van der Waals surface area (Å²) < 4.78 is 18.9. The molecule has 0 saturated carbocycles. The summed E-state index contributed by atoms with van der Waals surface area (Å²) in [6.07, 6.45) is 1.59. The van der Waals surface area contributed by atoms with E-state index in [2.05, 4.69) is 5.32 Å². The maximum Gasteiger partial charge on any atom is 0.254 e. The first-order valence-corrected chi connectivity index (χ1v) is 6.32. The second-order valence-corrected chi connectivity index (χ2v) is 4.68. The minimum atomic E-state index is -0.524. The third-order valence-corrected chi connectivity index (χ3v) is 3.07. The van der Waals surface area contributed by atoms with Crippen molar-refractivity contribution in [3.63, 3.8) is 0 Å². The highest BCUT2D eigenvalue weighted by Crippen LogP contribution is 2.17. The maximum atomic E-state index is 13.5. The molecule has 0 saturated heterocycles. The summed E-state index contributed by atoms with van der Waals surface area (Å²) in [5.41, 5.74) is 0.0458. The van der Waals surface area contributed by atoms with Crippen molar-refractivity contribution in [1.29, 1.82) is 0 Å². The number of likely N-dealkylation sites (N-methyl/N-ethyl adjacent to an activating group) is 1. The molecule has 4 nitrogen and oxygen atoms in total. The molecule has 1 unspecified atom stereocenters.